The fraction of sp³-hybridized carbons (Fsp3) is 0.500. The fourth-order valence-corrected chi connectivity index (χ4v) is 1.98. The van der Waals surface area contributed by atoms with Crippen molar-refractivity contribution in [1.29, 1.82) is 0 Å². The average molecular weight is 317 g/mol. The summed E-state index contributed by atoms with van der Waals surface area (Å²) in [5, 5.41) is 3.23. The van der Waals surface area contributed by atoms with Gasteiger partial charge in [0.1, 0.15) is 0 Å². The Hall–Kier alpha value is -0.650. The summed E-state index contributed by atoms with van der Waals surface area (Å²) in [4.78, 5) is 2.00. The monoisotopic (exact) mass is 316 g/mol. The van der Waals surface area contributed by atoms with E-state index < -0.39 is 11.7 Å². The Bertz CT molecular complexity index is 377. The molecule has 110 valence electrons. The lowest BCUT2D eigenvalue weighted by Gasteiger charge is -2.23. The van der Waals surface area contributed by atoms with Gasteiger partial charge in [0.2, 0.25) is 0 Å². The molecule has 1 fully saturated rings. The van der Waals surface area contributed by atoms with Gasteiger partial charge in [0.05, 0.1) is 5.56 Å². The second kappa shape index (κ2) is 7.82. The number of benzene rings is 1. The molecule has 7 heteroatoms. The SMILES string of the molecule is Cl.Cl.FC(F)(F)c1cccc(N2CCCNCC2)c1. The van der Waals surface area contributed by atoms with Gasteiger partial charge in [-0.1, -0.05) is 6.07 Å². The van der Waals surface area contributed by atoms with Gasteiger partial charge in [0.15, 0.2) is 0 Å². The lowest BCUT2D eigenvalue weighted by Crippen LogP contribution is -2.28. The highest BCUT2D eigenvalue weighted by atomic mass is 35.5. The van der Waals surface area contributed by atoms with Gasteiger partial charge in [0.25, 0.3) is 0 Å². The number of alkyl halides is 3. The molecule has 2 nitrogen and oxygen atoms in total. The second-order valence-electron chi connectivity index (χ2n) is 4.14. The number of nitrogens with zero attached hydrogens (tertiary/aromatic N) is 1. The molecule has 1 N–H and O–H groups in total. The van der Waals surface area contributed by atoms with Gasteiger partial charge in [-0.05, 0) is 31.2 Å². The summed E-state index contributed by atoms with van der Waals surface area (Å²) >= 11 is 0. The molecule has 0 aromatic heterocycles. The van der Waals surface area contributed by atoms with E-state index in [4.69, 9.17) is 0 Å². The van der Waals surface area contributed by atoms with E-state index in [2.05, 4.69) is 5.32 Å². The normalized spacial score (nSPS) is 16.1. The van der Waals surface area contributed by atoms with Gasteiger partial charge in [0, 0.05) is 25.3 Å². The van der Waals surface area contributed by atoms with Gasteiger partial charge in [-0.25, -0.2) is 0 Å². The maximum absolute atomic E-state index is 12.6. The highest BCUT2D eigenvalue weighted by Gasteiger charge is 2.30. The maximum atomic E-state index is 12.6. The van der Waals surface area contributed by atoms with Crippen LogP contribution in [-0.4, -0.2) is 26.2 Å². The van der Waals surface area contributed by atoms with Crippen LogP contribution in [0.1, 0.15) is 12.0 Å². The first-order chi connectivity index (χ1) is 8.07. The van der Waals surface area contributed by atoms with Crippen molar-refractivity contribution in [2.24, 2.45) is 0 Å². The number of halogens is 5. The van der Waals surface area contributed by atoms with E-state index in [9.17, 15) is 13.2 Å². The van der Waals surface area contributed by atoms with Crippen LogP contribution in [0.4, 0.5) is 18.9 Å². The van der Waals surface area contributed by atoms with E-state index in [1.54, 1.807) is 6.07 Å². The van der Waals surface area contributed by atoms with E-state index >= 15 is 0 Å². The Kier molecular flexibility index (Phi) is 7.55. The van der Waals surface area contributed by atoms with Crippen molar-refractivity contribution < 1.29 is 13.2 Å². The molecular weight excluding hydrogens is 300 g/mol. The molecular formula is C12H17Cl2F3N2. The molecule has 0 saturated carbocycles. The zero-order chi connectivity index (χ0) is 12.3. The van der Waals surface area contributed by atoms with Crippen LogP contribution < -0.4 is 10.2 Å². The Morgan fingerprint density at radius 2 is 1.79 bits per heavy atom. The van der Waals surface area contributed by atoms with E-state index in [1.807, 2.05) is 4.90 Å². The van der Waals surface area contributed by atoms with Crippen LogP contribution in [-0.2, 0) is 6.18 Å². The second-order valence-corrected chi connectivity index (χ2v) is 4.14. The van der Waals surface area contributed by atoms with E-state index in [0.717, 1.165) is 38.7 Å². The topological polar surface area (TPSA) is 15.3 Å². The van der Waals surface area contributed by atoms with Gasteiger partial charge >= 0.3 is 6.18 Å². The minimum absolute atomic E-state index is 0. The predicted molar refractivity (Wildman–Crippen MR) is 75.6 cm³/mol. The molecule has 0 unspecified atom stereocenters. The van der Waals surface area contributed by atoms with Gasteiger partial charge in [-0.3, -0.25) is 0 Å². The molecule has 1 aliphatic heterocycles. The van der Waals surface area contributed by atoms with Gasteiger partial charge in [-0.2, -0.15) is 13.2 Å². The molecule has 0 atom stereocenters. The van der Waals surface area contributed by atoms with Crippen molar-refractivity contribution in [2.75, 3.05) is 31.1 Å². The molecule has 0 radical (unpaired) electrons. The average Bonchev–Trinajstić information content (AvgIpc) is 2.56. The molecule has 0 spiro atoms. The lowest BCUT2D eigenvalue weighted by molar-refractivity contribution is -0.137. The molecule has 1 aromatic carbocycles. The third-order valence-corrected chi connectivity index (χ3v) is 2.88. The van der Waals surface area contributed by atoms with E-state index in [-0.39, 0.29) is 24.8 Å². The third-order valence-electron chi connectivity index (χ3n) is 2.88. The highest BCUT2D eigenvalue weighted by Crippen LogP contribution is 2.31. The summed E-state index contributed by atoms with van der Waals surface area (Å²) in [5.74, 6) is 0. The largest absolute Gasteiger partial charge is 0.416 e. The number of rotatable bonds is 1. The van der Waals surface area contributed by atoms with Crippen molar-refractivity contribution >= 4 is 30.5 Å². The molecule has 0 amide bonds. The summed E-state index contributed by atoms with van der Waals surface area (Å²) in [5.41, 5.74) is 0.0794. The van der Waals surface area contributed by atoms with Crippen molar-refractivity contribution in [3.05, 3.63) is 29.8 Å². The first-order valence-corrected chi connectivity index (χ1v) is 5.70. The quantitative estimate of drug-likeness (QED) is 0.854. The van der Waals surface area contributed by atoms with Crippen LogP contribution in [0.15, 0.2) is 24.3 Å². The smallest absolute Gasteiger partial charge is 0.370 e. The van der Waals surface area contributed by atoms with Gasteiger partial charge in [-0.15, -0.1) is 24.8 Å². The summed E-state index contributed by atoms with van der Waals surface area (Å²) in [6.07, 6.45) is -3.31. The van der Waals surface area contributed by atoms with Crippen molar-refractivity contribution in [3.8, 4) is 0 Å². The van der Waals surface area contributed by atoms with Crippen LogP contribution in [0.5, 0.6) is 0 Å². The first kappa shape index (κ1) is 18.4. The fourth-order valence-electron chi connectivity index (χ4n) is 1.98. The molecule has 1 aliphatic rings. The Labute approximate surface area is 123 Å². The van der Waals surface area contributed by atoms with Crippen LogP contribution in [0.3, 0.4) is 0 Å². The van der Waals surface area contributed by atoms with Crippen LogP contribution in [0.25, 0.3) is 0 Å². The van der Waals surface area contributed by atoms with Crippen molar-refractivity contribution in [2.45, 2.75) is 12.6 Å². The minimum Gasteiger partial charge on any atom is -0.370 e. The lowest BCUT2D eigenvalue weighted by atomic mass is 10.1. The highest BCUT2D eigenvalue weighted by molar-refractivity contribution is 5.85. The summed E-state index contributed by atoms with van der Waals surface area (Å²) in [6.45, 7) is 3.29. The predicted octanol–water partition coefficient (Wildman–Crippen LogP) is 3.35. The summed E-state index contributed by atoms with van der Waals surface area (Å²) in [6, 6.07) is 5.54. The number of hydrogen-bond acceptors (Lipinski definition) is 2. The van der Waals surface area contributed by atoms with Crippen LogP contribution in [0.2, 0.25) is 0 Å². The summed E-state index contributed by atoms with van der Waals surface area (Å²) in [7, 11) is 0. The molecule has 1 aromatic rings. The molecule has 0 bridgehead atoms. The summed E-state index contributed by atoms with van der Waals surface area (Å²) < 4.78 is 37.8. The Balaban J connectivity index is 0.00000162. The zero-order valence-corrected chi connectivity index (χ0v) is 11.9. The standard InChI is InChI=1S/C12H15F3N2.2ClH/c13-12(14,15)10-3-1-4-11(9-10)17-7-2-5-16-6-8-17;;/h1,3-4,9,16H,2,5-8H2;2*1H. The number of nitrogens with one attached hydrogen (secondary N) is 1. The molecule has 1 saturated heterocycles. The number of anilines is 1. The maximum Gasteiger partial charge on any atom is 0.416 e. The number of hydrogen-bond donors (Lipinski definition) is 1. The van der Waals surface area contributed by atoms with Crippen molar-refractivity contribution in [1.82, 2.24) is 5.32 Å². The molecule has 2 rings (SSSR count). The van der Waals surface area contributed by atoms with E-state index in [0.29, 0.717) is 5.69 Å². The van der Waals surface area contributed by atoms with Crippen LogP contribution in [0, 0.1) is 0 Å². The first-order valence-electron chi connectivity index (χ1n) is 5.70. The van der Waals surface area contributed by atoms with Crippen LogP contribution >= 0.6 is 24.8 Å². The van der Waals surface area contributed by atoms with Gasteiger partial charge < -0.3 is 10.2 Å². The molecule has 0 aliphatic carbocycles. The molecule has 19 heavy (non-hydrogen) atoms. The molecule has 1 heterocycles. The van der Waals surface area contributed by atoms with Crippen molar-refractivity contribution in [3.63, 3.8) is 0 Å². The zero-order valence-electron chi connectivity index (χ0n) is 10.2. The minimum atomic E-state index is -4.26. The Morgan fingerprint density at radius 3 is 2.47 bits per heavy atom. The van der Waals surface area contributed by atoms with E-state index in [1.165, 1.54) is 12.1 Å². The Morgan fingerprint density at radius 1 is 1.05 bits per heavy atom. The third kappa shape index (κ3) is 5.09.